The maximum absolute atomic E-state index is 12.5. The van der Waals surface area contributed by atoms with Crippen molar-refractivity contribution in [2.75, 3.05) is 12.4 Å². The van der Waals surface area contributed by atoms with Gasteiger partial charge in [0.25, 0.3) is 15.9 Å². The molecule has 10 heteroatoms. The van der Waals surface area contributed by atoms with Crippen LogP contribution in [-0.2, 0) is 14.8 Å². The van der Waals surface area contributed by atoms with Crippen LogP contribution in [0.3, 0.4) is 0 Å². The van der Waals surface area contributed by atoms with E-state index >= 15 is 0 Å². The van der Waals surface area contributed by atoms with E-state index in [-0.39, 0.29) is 28.2 Å². The van der Waals surface area contributed by atoms with E-state index in [0.29, 0.717) is 11.5 Å². The van der Waals surface area contributed by atoms with Crippen LogP contribution in [0.5, 0.6) is 11.5 Å². The monoisotopic (exact) mass is 421 g/mol. The molecule has 2 aromatic carbocycles. The molecule has 0 unspecified atom stereocenters. The van der Waals surface area contributed by atoms with Gasteiger partial charge in [0.05, 0.1) is 23.8 Å². The van der Waals surface area contributed by atoms with Gasteiger partial charge < -0.3 is 14.8 Å². The first-order valence-electron chi connectivity index (χ1n) is 8.67. The van der Waals surface area contributed by atoms with Crippen LogP contribution in [-0.4, -0.2) is 33.4 Å². The number of ether oxygens (including phenoxy) is 2. The van der Waals surface area contributed by atoms with Crippen molar-refractivity contribution in [3.63, 3.8) is 0 Å². The largest absolute Gasteiger partial charge is 0.495 e. The normalized spacial score (nSPS) is 11.1. The minimum Gasteiger partial charge on any atom is -0.495 e. The topological polar surface area (TPSA) is 123 Å². The van der Waals surface area contributed by atoms with Crippen LogP contribution in [0.2, 0.25) is 0 Å². The molecule has 0 radical (unpaired) electrons. The first-order chi connectivity index (χ1) is 13.6. The van der Waals surface area contributed by atoms with Crippen LogP contribution >= 0.6 is 0 Å². The Morgan fingerprint density at radius 2 is 1.69 bits per heavy atom. The summed E-state index contributed by atoms with van der Waals surface area (Å²) in [5, 5.41) is 2.49. The zero-order valence-electron chi connectivity index (χ0n) is 16.5. The molecule has 0 atom stereocenters. The molecule has 0 aromatic heterocycles. The number of anilines is 1. The van der Waals surface area contributed by atoms with Gasteiger partial charge in [0, 0.05) is 12.5 Å². The Hall–Kier alpha value is -3.11. The first kappa shape index (κ1) is 22.2. The summed E-state index contributed by atoms with van der Waals surface area (Å²) < 4.78 is 35.6. The molecule has 3 N–H and O–H groups in total. The minimum absolute atomic E-state index is 0.00614. The fraction of sp³-hybridized carbons (Fsp3) is 0.263. The van der Waals surface area contributed by atoms with Crippen molar-refractivity contribution in [1.82, 2.24) is 10.3 Å². The van der Waals surface area contributed by atoms with Crippen molar-refractivity contribution >= 4 is 27.5 Å². The molecule has 29 heavy (non-hydrogen) atoms. The number of carbonyl (C=O) groups excluding carboxylic acids is 2. The quantitative estimate of drug-likeness (QED) is 0.561. The predicted octanol–water partition coefficient (Wildman–Crippen LogP) is 2.06. The number of hydrogen-bond acceptors (Lipinski definition) is 6. The molecule has 0 bridgehead atoms. The molecule has 0 saturated carbocycles. The summed E-state index contributed by atoms with van der Waals surface area (Å²) in [4.78, 5) is 25.4. The van der Waals surface area contributed by atoms with Gasteiger partial charge in [-0.05, 0) is 56.3 Å². The second-order valence-electron chi connectivity index (χ2n) is 6.29. The van der Waals surface area contributed by atoms with Gasteiger partial charge in [0.2, 0.25) is 5.91 Å². The summed E-state index contributed by atoms with van der Waals surface area (Å²) in [6.07, 6.45) is -0.00614. The fourth-order valence-corrected chi connectivity index (χ4v) is 3.21. The molecular formula is C19H23N3O6S. The SMILES string of the molecule is COc1ccc(S(=O)(=O)NNC(=O)c2ccc(OC(C)C)cc2)cc1NC(C)=O. The third-order valence-corrected chi connectivity index (χ3v) is 4.82. The molecule has 0 saturated heterocycles. The van der Waals surface area contributed by atoms with Gasteiger partial charge in [-0.3, -0.25) is 15.0 Å². The van der Waals surface area contributed by atoms with Gasteiger partial charge in [0.1, 0.15) is 11.5 Å². The third-order valence-electron chi connectivity index (χ3n) is 3.58. The van der Waals surface area contributed by atoms with Gasteiger partial charge >= 0.3 is 0 Å². The standard InChI is InChI=1S/C19H23N3O6S/c1-12(2)28-15-7-5-14(6-8-15)19(24)21-22-29(25,26)16-9-10-18(27-4)17(11-16)20-13(3)23/h5-12,22H,1-4H3,(H,20,23)(H,21,24). The molecule has 0 fully saturated rings. The van der Waals surface area contributed by atoms with Crippen LogP contribution in [0.25, 0.3) is 0 Å². The molecule has 0 aliphatic carbocycles. The van der Waals surface area contributed by atoms with Crippen molar-refractivity contribution in [2.24, 2.45) is 0 Å². The van der Waals surface area contributed by atoms with Crippen molar-refractivity contribution < 1.29 is 27.5 Å². The molecule has 0 spiro atoms. The average molecular weight is 421 g/mol. The number of carbonyl (C=O) groups is 2. The highest BCUT2D eigenvalue weighted by Crippen LogP contribution is 2.27. The van der Waals surface area contributed by atoms with Gasteiger partial charge in [-0.2, -0.15) is 0 Å². The Labute approximate surface area is 169 Å². The number of methoxy groups -OCH3 is 1. The second kappa shape index (κ2) is 9.39. The van der Waals surface area contributed by atoms with E-state index in [2.05, 4.69) is 10.7 Å². The number of nitrogens with one attached hydrogen (secondary N) is 3. The average Bonchev–Trinajstić information content (AvgIpc) is 2.65. The Balaban J connectivity index is 2.11. The van der Waals surface area contributed by atoms with Gasteiger partial charge in [-0.15, -0.1) is 4.83 Å². The maximum Gasteiger partial charge on any atom is 0.266 e. The highest BCUT2D eigenvalue weighted by atomic mass is 32.2. The number of benzene rings is 2. The molecular weight excluding hydrogens is 398 g/mol. The third kappa shape index (κ3) is 6.19. The molecule has 0 aliphatic rings. The molecule has 156 valence electrons. The summed E-state index contributed by atoms with van der Waals surface area (Å²) in [7, 11) is -2.69. The zero-order chi connectivity index (χ0) is 21.6. The van der Waals surface area contributed by atoms with Crippen molar-refractivity contribution in [3.8, 4) is 11.5 Å². The van der Waals surface area contributed by atoms with Gasteiger partial charge in [-0.25, -0.2) is 8.42 Å². The van der Waals surface area contributed by atoms with Gasteiger partial charge in [0.15, 0.2) is 0 Å². The van der Waals surface area contributed by atoms with E-state index in [9.17, 15) is 18.0 Å². The van der Waals surface area contributed by atoms with Crippen LogP contribution < -0.4 is 25.0 Å². The number of hydrogen-bond donors (Lipinski definition) is 3. The van der Waals surface area contributed by atoms with Gasteiger partial charge in [-0.1, -0.05) is 0 Å². The highest BCUT2D eigenvalue weighted by molar-refractivity contribution is 7.89. The molecule has 2 aromatic rings. The second-order valence-corrected chi connectivity index (χ2v) is 7.98. The lowest BCUT2D eigenvalue weighted by Gasteiger charge is -2.13. The Kier molecular flexibility index (Phi) is 7.18. The highest BCUT2D eigenvalue weighted by Gasteiger charge is 2.18. The van der Waals surface area contributed by atoms with E-state index in [1.807, 2.05) is 18.7 Å². The summed E-state index contributed by atoms with van der Waals surface area (Å²) in [5.41, 5.74) is 2.59. The smallest absolute Gasteiger partial charge is 0.266 e. The molecule has 0 heterocycles. The lowest BCUT2D eigenvalue weighted by molar-refractivity contribution is -0.114. The summed E-state index contributed by atoms with van der Waals surface area (Å²) in [6, 6.07) is 10.2. The number of amides is 2. The van der Waals surface area contributed by atoms with Crippen LogP contribution in [0.4, 0.5) is 5.69 Å². The Morgan fingerprint density at radius 3 is 2.24 bits per heavy atom. The summed E-state index contributed by atoms with van der Waals surface area (Å²) in [6.45, 7) is 5.05. The van der Waals surface area contributed by atoms with E-state index < -0.39 is 15.9 Å². The summed E-state index contributed by atoms with van der Waals surface area (Å²) >= 11 is 0. The lowest BCUT2D eigenvalue weighted by Crippen LogP contribution is -2.41. The molecule has 2 rings (SSSR count). The van der Waals surface area contributed by atoms with E-state index in [1.165, 1.54) is 44.4 Å². The number of rotatable bonds is 8. The zero-order valence-corrected chi connectivity index (χ0v) is 17.3. The van der Waals surface area contributed by atoms with Crippen molar-refractivity contribution in [1.29, 1.82) is 0 Å². The van der Waals surface area contributed by atoms with E-state index in [0.717, 1.165) is 0 Å². The van der Waals surface area contributed by atoms with Crippen molar-refractivity contribution in [3.05, 3.63) is 48.0 Å². The lowest BCUT2D eigenvalue weighted by atomic mass is 10.2. The predicted molar refractivity (Wildman–Crippen MR) is 107 cm³/mol. The Bertz CT molecular complexity index is 988. The molecule has 2 amide bonds. The maximum atomic E-state index is 12.5. The van der Waals surface area contributed by atoms with Crippen LogP contribution in [0, 0.1) is 0 Å². The van der Waals surface area contributed by atoms with Crippen LogP contribution in [0.15, 0.2) is 47.4 Å². The van der Waals surface area contributed by atoms with Crippen molar-refractivity contribution in [2.45, 2.75) is 31.8 Å². The fourth-order valence-electron chi connectivity index (χ4n) is 2.34. The van der Waals surface area contributed by atoms with Crippen LogP contribution in [0.1, 0.15) is 31.1 Å². The number of hydrazine groups is 1. The first-order valence-corrected chi connectivity index (χ1v) is 10.1. The van der Waals surface area contributed by atoms with E-state index in [4.69, 9.17) is 9.47 Å². The molecule has 0 aliphatic heterocycles. The minimum atomic E-state index is -4.08. The molecule has 9 nitrogen and oxygen atoms in total. The summed E-state index contributed by atoms with van der Waals surface area (Å²) in [5.74, 6) is -0.128. The Morgan fingerprint density at radius 1 is 1.03 bits per heavy atom. The van der Waals surface area contributed by atoms with E-state index in [1.54, 1.807) is 12.1 Å². The number of sulfonamides is 1.